The van der Waals surface area contributed by atoms with Crippen molar-refractivity contribution in [2.24, 2.45) is 0 Å². The molecule has 1 unspecified atom stereocenters. The first-order valence-corrected chi connectivity index (χ1v) is 6.84. The third-order valence-electron chi connectivity index (χ3n) is 3.95. The number of aryl methyl sites for hydroxylation is 1. The van der Waals surface area contributed by atoms with Crippen molar-refractivity contribution in [1.82, 2.24) is 5.32 Å². The van der Waals surface area contributed by atoms with Crippen LogP contribution in [0.15, 0.2) is 42.5 Å². The summed E-state index contributed by atoms with van der Waals surface area (Å²) in [6, 6.07) is 14.7. The molecule has 2 aromatic rings. The molecule has 0 radical (unpaired) electrons. The third kappa shape index (κ3) is 2.36. The van der Waals surface area contributed by atoms with E-state index in [4.69, 9.17) is 0 Å². The molecule has 0 saturated carbocycles. The first kappa shape index (κ1) is 12.2. The van der Waals surface area contributed by atoms with Crippen LogP contribution in [0.2, 0.25) is 0 Å². The topological polar surface area (TPSA) is 32.3 Å². The van der Waals surface area contributed by atoms with Gasteiger partial charge in [-0.2, -0.15) is 0 Å². The maximum absolute atomic E-state index is 9.90. The van der Waals surface area contributed by atoms with Crippen molar-refractivity contribution in [1.29, 1.82) is 0 Å². The maximum atomic E-state index is 9.90. The second-order valence-electron chi connectivity index (χ2n) is 5.25. The molecular formula is C17H19NO. The highest BCUT2D eigenvalue weighted by atomic mass is 16.3. The molecule has 2 nitrogen and oxygen atoms in total. The van der Waals surface area contributed by atoms with E-state index in [0.717, 1.165) is 25.1 Å². The lowest BCUT2D eigenvalue weighted by Crippen LogP contribution is -2.20. The van der Waals surface area contributed by atoms with Gasteiger partial charge in [0.2, 0.25) is 0 Å². The van der Waals surface area contributed by atoms with E-state index in [1.807, 2.05) is 13.0 Å². The fourth-order valence-electron chi connectivity index (χ4n) is 2.87. The van der Waals surface area contributed by atoms with E-state index in [1.165, 1.54) is 16.7 Å². The smallest absolute Gasteiger partial charge is 0.118 e. The molecule has 0 aromatic heterocycles. The third-order valence-corrected chi connectivity index (χ3v) is 3.95. The molecule has 1 heterocycles. The van der Waals surface area contributed by atoms with E-state index >= 15 is 0 Å². The predicted molar refractivity (Wildman–Crippen MR) is 77.7 cm³/mol. The van der Waals surface area contributed by atoms with Gasteiger partial charge in [-0.15, -0.1) is 0 Å². The Bertz CT molecular complexity index is 577. The largest absolute Gasteiger partial charge is 0.508 e. The summed E-state index contributed by atoms with van der Waals surface area (Å²) >= 11 is 0. The van der Waals surface area contributed by atoms with Crippen molar-refractivity contribution in [3.05, 3.63) is 64.7 Å². The van der Waals surface area contributed by atoms with E-state index < -0.39 is 0 Å². The second-order valence-corrected chi connectivity index (χ2v) is 5.25. The van der Waals surface area contributed by atoms with E-state index in [0.29, 0.717) is 11.7 Å². The van der Waals surface area contributed by atoms with Crippen molar-refractivity contribution in [3.8, 4) is 5.75 Å². The summed E-state index contributed by atoms with van der Waals surface area (Å²) in [6.07, 6.45) is 0.979. The molecule has 98 valence electrons. The monoisotopic (exact) mass is 253 g/mol. The molecule has 2 N–H and O–H groups in total. The first-order chi connectivity index (χ1) is 9.25. The highest BCUT2D eigenvalue weighted by Crippen LogP contribution is 2.32. The minimum atomic E-state index is 0.373. The Labute approximate surface area is 114 Å². The van der Waals surface area contributed by atoms with Crippen LogP contribution in [-0.4, -0.2) is 18.2 Å². The molecule has 2 aromatic carbocycles. The van der Waals surface area contributed by atoms with Gasteiger partial charge in [0.05, 0.1) is 0 Å². The highest BCUT2D eigenvalue weighted by Gasteiger charge is 2.21. The second kappa shape index (κ2) is 5.06. The lowest BCUT2D eigenvalue weighted by Gasteiger charge is -2.19. The standard InChI is InChI=1S/C17H19NO/c1-12-9-15-14(10-17(12)19)7-8-18-11-16(15)13-5-3-2-4-6-13/h2-6,9-10,16,18-19H,7-8,11H2,1H3. The van der Waals surface area contributed by atoms with Crippen LogP contribution in [0, 0.1) is 6.92 Å². The van der Waals surface area contributed by atoms with E-state index in [1.54, 1.807) is 0 Å². The molecule has 1 aliphatic heterocycles. The molecule has 1 atom stereocenters. The van der Waals surface area contributed by atoms with Gasteiger partial charge >= 0.3 is 0 Å². The Balaban J connectivity index is 2.11. The number of fused-ring (bicyclic) bond motifs is 1. The van der Waals surface area contributed by atoms with Crippen LogP contribution in [0.25, 0.3) is 0 Å². The van der Waals surface area contributed by atoms with E-state index in [2.05, 4.69) is 41.7 Å². The summed E-state index contributed by atoms with van der Waals surface area (Å²) in [5, 5.41) is 13.4. The van der Waals surface area contributed by atoms with Crippen molar-refractivity contribution in [3.63, 3.8) is 0 Å². The molecule has 1 aliphatic rings. The average molecular weight is 253 g/mol. The normalized spacial score (nSPS) is 18.7. The molecule has 19 heavy (non-hydrogen) atoms. The van der Waals surface area contributed by atoms with Gasteiger partial charge in [0.15, 0.2) is 0 Å². The molecule has 2 heteroatoms. The van der Waals surface area contributed by atoms with Crippen molar-refractivity contribution < 1.29 is 5.11 Å². The Morgan fingerprint density at radius 1 is 1.16 bits per heavy atom. The van der Waals surface area contributed by atoms with Crippen LogP contribution in [0.1, 0.15) is 28.2 Å². The van der Waals surface area contributed by atoms with Gasteiger partial charge in [0, 0.05) is 12.5 Å². The molecule has 0 aliphatic carbocycles. The van der Waals surface area contributed by atoms with Crippen LogP contribution < -0.4 is 5.32 Å². The number of hydrogen-bond acceptors (Lipinski definition) is 2. The summed E-state index contributed by atoms with van der Waals surface area (Å²) in [4.78, 5) is 0. The molecule has 0 spiro atoms. The van der Waals surface area contributed by atoms with E-state index in [-0.39, 0.29) is 0 Å². The first-order valence-electron chi connectivity index (χ1n) is 6.84. The molecule has 3 rings (SSSR count). The van der Waals surface area contributed by atoms with Gasteiger partial charge in [-0.3, -0.25) is 0 Å². The molecular weight excluding hydrogens is 234 g/mol. The Morgan fingerprint density at radius 3 is 2.74 bits per heavy atom. The van der Waals surface area contributed by atoms with Gasteiger partial charge in [-0.25, -0.2) is 0 Å². The van der Waals surface area contributed by atoms with E-state index in [9.17, 15) is 5.11 Å². The van der Waals surface area contributed by atoms with Gasteiger partial charge in [-0.1, -0.05) is 36.4 Å². The summed E-state index contributed by atoms with van der Waals surface area (Å²) in [6.45, 7) is 3.90. The minimum absolute atomic E-state index is 0.373. The van der Waals surface area contributed by atoms with Crippen LogP contribution in [0.4, 0.5) is 0 Å². The molecule has 0 bridgehead atoms. The fourth-order valence-corrected chi connectivity index (χ4v) is 2.87. The number of rotatable bonds is 1. The van der Waals surface area contributed by atoms with Crippen LogP contribution in [0.3, 0.4) is 0 Å². The molecule has 0 saturated heterocycles. The quantitative estimate of drug-likeness (QED) is 0.819. The summed E-state index contributed by atoms with van der Waals surface area (Å²) < 4.78 is 0. The number of phenolic OH excluding ortho intramolecular Hbond substituents is 1. The number of phenols is 1. The highest BCUT2D eigenvalue weighted by molar-refractivity contribution is 5.47. The van der Waals surface area contributed by atoms with Crippen molar-refractivity contribution in [2.45, 2.75) is 19.3 Å². The van der Waals surface area contributed by atoms with Crippen LogP contribution in [0.5, 0.6) is 5.75 Å². The van der Waals surface area contributed by atoms with Crippen molar-refractivity contribution in [2.75, 3.05) is 13.1 Å². The Hall–Kier alpha value is -1.80. The number of nitrogens with one attached hydrogen (secondary N) is 1. The number of hydrogen-bond donors (Lipinski definition) is 2. The summed E-state index contributed by atoms with van der Waals surface area (Å²) in [5.41, 5.74) is 4.92. The molecule has 0 amide bonds. The number of benzene rings is 2. The Kier molecular flexibility index (Phi) is 3.26. The summed E-state index contributed by atoms with van der Waals surface area (Å²) in [7, 11) is 0. The van der Waals surface area contributed by atoms with Crippen LogP contribution >= 0.6 is 0 Å². The SMILES string of the molecule is Cc1cc2c(cc1O)CCNCC2c1ccccc1. The predicted octanol–water partition coefficient (Wildman–Crippen LogP) is 2.98. The Morgan fingerprint density at radius 2 is 1.95 bits per heavy atom. The lowest BCUT2D eigenvalue weighted by atomic mass is 9.87. The van der Waals surface area contributed by atoms with Gasteiger partial charge < -0.3 is 10.4 Å². The van der Waals surface area contributed by atoms with Gasteiger partial charge in [0.1, 0.15) is 5.75 Å². The fraction of sp³-hybridized carbons (Fsp3) is 0.294. The van der Waals surface area contributed by atoms with Crippen molar-refractivity contribution >= 4 is 0 Å². The number of aromatic hydroxyl groups is 1. The summed E-state index contributed by atoms with van der Waals surface area (Å²) in [5.74, 6) is 0.783. The van der Waals surface area contributed by atoms with Gasteiger partial charge in [-0.05, 0) is 48.2 Å². The lowest BCUT2D eigenvalue weighted by molar-refractivity contribution is 0.470. The maximum Gasteiger partial charge on any atom is 0.118 e. The molecule has 0 fully saturated rings. The average Bonchev–Trinajstić information content (AvgIpc) is 2.63. The zero-order valence-electron chi connectivity index (χ0n) is 11.2. The minimum Gasteiger partial charge on any atom is -0.508 e. The zero-order chi connectivity index (χ0) is 13.2. The zero-order valence-corrected chi connectivity index (χ0v) is 11.2. The van der Waals surface area contributed by atoms with Gasteiger partial charge in [0.25, 0.3) is 0 Å². The van der Waals surface area contributed by atoms with Crippen LogP contribution in [-0.2, 0) is 6.42 Å².